The molecule has 0 bridgehead atoms. The maximum absolute atomic E-state index is 9.39. The number of nitrogens with two attached hydrogens (primary N) is 1. The Morgan fingerprint density at radius 1 is 1.37 bits per heavy atom. The molecule has 1 saturated carbocycles. The van der Waals surface area contributed by atoms with Gasteiger partial charge in [-0.3, -0.25) is 0 Å². The molecule has 2 rings (SSSR count). The predicted octanol–water partition coefficient (Wildman–Crippen LogP) is 1.46. The van der Waals surface area contributed by atoms with E-state index in [2.05, 4.69) is 34.6 Å². The second-order valence-corrected chi connectivity index (χ2v) is 5.41. The van der Waals surface area contributed by atoms with E-state index < -0.39 is 0 Å². The first-order chi connectivity index (χ1) is 9.17. The van der Waals surface area contributed by atoms with E-state index in [9.17, 15) is 5.11 Å². The molecule has 106 valence electrons. The molecule has 1 aromatic rings. The summed E-state index contributed by atoms with van der Waals surface area (Å²) in [6.45, 7) is 4.40. The molecule has 0 aliphatic heterocycles. The third-order valence-corrected chi connectivity index (χ3v) is 3.81. The zero-order chi connectivity index (χ0) is 13.8. The van der Waals surface area contributed by atoms with Crippen LogP contribution in [0.1, 0.15) is 44.6 Å². The lowest BCUT2D eigenvalue weighted by atomic mass is 10.0. The summed E-state index contributed by atoms with van der Waals surface area (Å²) in [5, 5.41) is 12.8. The van der Waals surface area contributed by atoms with Gasteiger partial charge in [0.15, 0.2) is 0 Å². The van der Waals surface area contributed by atoms with Crippen molar-refractivity contribution in [2.75, 3.05) is 17.3 Å². The molecule has 6 heteroatoms. The van der Waals surface area contributed by atoms with Crippen LogP contribution in [0.3, 0.4) is 0 Å². The minimum absolute atomic E-state index is 0.224. The Balaban J connectivity index is 2.24. The van der Waals surface area contributed by atoms with E-state index in [0.717, 1.165) is 30.6 Å². The average molecular weight is 265 g/mol. The van der Waals surface area contributed by atoms with Gasteiger partial charge in [0, 0.05) is 24.1 Å². The third-order valence-electron chi connectivity index (χ3n) is 3.81. The lowest BCUT2D eigenvalue weighted by molar-refractivity contribution is 0.222. The Kier molecular flexibility index (Phi) is 4.55. The molecular formula is C13H23N5O. The Morgan fingerprint density at radius 2 is 2.11 bits per heavy atom. The van der Waals surface area contributed by atoms with Crippen LogP contribution in [-0.4, -0.2) is 27.7 Å². The number of nitrogen functional groups attached to an aromatic ring is 1. The number of aliphatic hydroxyl groups excluding tert-OH is 1. The summed E-state index contributed by atoms with van der Waals surface area (Å²) in [5.74, 6) is 7.57. The molecule has 1 heterocycles. The first-order valence-corrected chi connectivity index (χ1v) is 6.86. The molecule has 0 radical (unpaired) electrons. The average Bonchev–Trinajstić information content (AvgIpc) is 2.85. The van der Waals surface area contributed by atoms with Gasteiger partial charge in [-0.15, -0.1) is 0 Å². The number of nitrogens with one attached hydrogen (secondary N) is 2. The lowest BCUT2D eigenvalue weighted by Crippen LogP contribution is -2.28. The van der Waals surface area contributed by atoms with Crippen LogP contribution < -0.4 is 16.6 Å². The van der Waals surface area contributed by atoms with Gasteiger partial charge in [0.2, 0.25) is 0 Å². The summed E-state index contributed by atoms with van der Waals surface area (Å²) in [5.41, 5.74) is 3.62. The van der Waals surface area contributed by atoms with Crippen LogP contribution in [0.15, 0.2) is 6.33 Å². The number of hydrogen-bond donors (Lipinski definition) is 4. The highest BCUT2D eigenvalue weighted by molar-refractivity contribution is 5.58. The van der Waals surface area contributed by atoms with E-state index in [1.807, 2.05) is 0 Å². The molecule has 5 N–H and O–H groups in total. The van der Waals surface area contributed by atoms with Gasteiger partial charge in [-0.2, -0.15) is 0 Å². The second-order valence-electron chi connectivity index (χ2n) is 5.41. The summed E-state index contributed by atoms with van der Waals surface area (Å²) in [7, 11) is 0. The molecule has 1 aliphatic rings. The molecule has 1 fully saturated rings. The van der Waals surface area contributed by atoms with Crippen LogP contribution in [0.25, 0.3) is 0 Å². The zero-order valence-electron chi connectivity index (χ0n) is 11.6. The SMILES string of the molecule is CC(C)c1c(NN)ncnc1NC1CCCC1CO. The van der Waals surface area contributed by atoms with Gasteiger partial charge in [0.25, 0.3) is 0 Å². The number of hydrazine groups is 1. The van der Waals surface area contributed by atoms with Crippen molar-refractivity contribution in [3.8, 4) is 0 Å². The molecule has 6 nitrogen and oxygen atoms in total. The van der Waals surface area contributed by atoms with Crippen LogP contribution >= 0.6 is 0 Å². The smallest absolute Gasteiger partial charge is 0.148 e. The van der Waals surface area contributed by atoms with Gasteiger partial charge in [0.1, 0.15) is 18.0 Å². The van der Waals surface area contributed by atoms with Crippen molar-refractivity contribution in [2.24, 2.45) is 11.8 Å². The summed E-state index contributed by atoms with van der Waals surface area (Å²) in [6.07, 6.45) is 4.79. The minimum atomic E-state index is 0.224. The van der Waals surface area contributed by atoms with E-state index in [1.165, 1.54) is 6.33 Å². The summed E-state index contributed by atoms with van der Waals surface area (Å²) < 4.78 is 0. The van der Waals surface area contributed by atoms with E-state index in [1.54, 1.807) is 0 Å². The molecular weight excluding hydrogens is 242 g/mol. The fourth-order valence-electron chi connectivity index (χ4n) is 2.79. The van der Waals surface area contributed by atoms with Crippen molar-refractivity contribution in [1.29, 1.82) is 0 Å². The Bertz CT molecular complexity index is 423. The standard InChI is InChI=1S/C13H23N5O/c1-8(2)11-12(15-7-16-13(11)18-14)17-10-5-3-4-9(10)6-19/h7-10,19H,3-6,14H2,1-2H3,(H2,15,16,17,18). The van der Waals surface area contributed by atoms with Gasteiger partial charge in [-0.05, 0) is 18.8 Å². The van der Waals surface area contributed by atoms with Crippen molar-refractivity contribution >= 4 is 11.6 Å². The van der Waals surface area contributed by atoms with E-state index >= 15 is 0 Å². The third kappa shape index (κ3) is 2.96. The maximum atomic E-state index is 9.39. The lowest BCUT2D eigenvalue weighted by Gasteiger charge is -2.23. The first-order valence-electron chi connectivity index (χ1n) is 6.86. The number of hydrogen-bond acceptors (Lipinski definition) is 6. The zero-order valence-corrected chi connectivity index (χ0v) is 11.6. The number of rotatable bonds is 5. The molecule has 0 amide bonds. The fourth-order valence-corrected chi connectivity index (χ4v) is 2.79. The molecule has 0 aromatic carbocycles. The summed E-state index contributed by atoms with van der Waals surface area (Å²) in [4.78, 5) is 8.50. The van der Waals surface area contributed by atoms with Crippen LogP contribution in [0, 0.1) is 5.92 Å². The van der Waals surface area contributed by atoms with Gasteiger partial charge in [-0.25, -0.2) is 15.8 Å². The van der Waals surface area contributed by atoms with Crippen molar-refractivity contribution < 1.29 is 5.11 Å². The van der Waals surface area contributed by atoms with Gasteiger partial charge < -0.3 is 15.8 Å². The van der Waals surface area contributed by atoms with E-state index in [0.29, 0.717) is 11.7 Å². The number of nitrogens with zero attached hydrogens (tertiary/aromatic N) is 2. The Labute approximate surface area is 113 Å². The predicted molar refractivity (Wildman–Crippen MR) is 75.8 cm³/mol. The Morgan fingerprint density at radius 3 is 2.74 bits per heavy atom. The molecule has 2 atom stereocenters. The van der Waals surface area contributed by atoms with E-state index in [-0.39, 0.29) is 18.6 Å². The Hall–Kier alpha value is -1.40. The van der Waals surface area contributed by atoms with Crippen LogP contribution in [0.4, 0.5) is 11.6 Å². The largest absolute Gasteiger partial charge is 0.396 e. The normalized spacial score (nSPS) is 22.8. The highest BCUT2D eigenvalue weighted by Gasteiger charge is 2.28. The van der Waals surface area contributed by atoms with Crippen molar-refractivity contribution in [3.05, 3.63) is 11.9 Å². The second kappa shape index (κ2) is 6.16. The number of aromatic nitrogens is 2. The van der Waals surface area contributed by atoms with Crippen molar-refractivity contribution in [3.63, 3.8) is 0 Å². The van der Waals surface area contributed by atoms with Gasteiger partial charge in [-0.1, -0.05) is 20.3 Å². The monoisotopic (exact) mass is 265 g/mol. The van der Waals surface area contributed by atoms with Gasteiger partial charge >= 0.3 is 0 Å². The van der Waals surface area contributed by atoms with Crippen LogP contribution in [0.2, 0.25) is 0 Å². The molecule has 0 spiro atoms. The maximum Gasteiger partial charge on any atom is 0.148 e. The summed E-state index contributed by atoms with van der Waals surface area (Å²) in [6, 6.07) is 0.281. The highest BCUT2D eigenvalue weighted by Crippen LogP contribution is 2.32. The molecule has 1 aliphatic carbocycles. The van der Waals surface area contributed by atoms with E-state index in [4.69, 9.17) is 5.84 Å². The van der Waals surface area contributed by atoms with Crippen LogP contribution in [0.5, 0.6) is 0 Å². The molecule has 0 saturated heterocycles. The van der Waals surface area contributed by atoms with Crippen molar-refractivity contribution in [1.82, 2.24) is 9.97 Å². The highest BCUT2D eigenvalue weighted by atomic mass is 16.3. The quantitative estimate of drug-likeness (QED) is 0.475. The first kappa shape index (κ1) is 14.0. The number of aliphatic hydroxyl groups is 1. The molecule has 1 aromatic heterocycles. The van der Waals surface area contributed by atoms with Crippen molar-refractivity contribution in [2.45, 2.75) is 45.1 Å². The van der Waals surface area contributed by atoms with Gasteiger partial charge in [0.05, 0.1) is 0 Å². The minimum Gasteiger partial charge on any atom is -0.396 e. The number of anilines is 2. The summed E-state index contributed by atoms with van der Waals surface area (Å²) >= 11 is 0. The topological polar surface area (TPSA) is 96.1 Å². The molecule has 19 heavy (non-hydrogen) atoms. The fraction of sp³-hybridized carbons (Fsp3) is 0.692. The van der Waals surface area contributed by atoms with Crippen LogP contribution in [-0.2, 0) is 0 Å². The molecule has 2 unspecified atom stereocenters.